The van der Waals surface area contributed by atoms with E-state index in [9.17, 15) is 13.2 Å². The fourth-order valence-electron chi connectivity index (χ4n) is 3.27. The van der Waals surface area contributed by atoms with Crippen LogP contribution in [0.4, 0.5) is 5.69 Å². The Morgan fingerprint density at radius 3 is 2.62 bits per heavy atom. The van der Waals surface area contributed by atoms with Crippen LogP contribution in [0.2, 0.25) is 0 Å². The van der Waals surface area contributed by atoms with Gasteiger partial charge in [0.15, 0.2) is 0 Å². The van der Waals surface area contributed by atoms with Crippen LogP contribution in [-0.4, -0.2) is 44.0 Å². The van der Waals surface area contributed by atoms with Gasteiger partial charge in [0, 0.05) is 31.2 Å². The first-order valence-electron chi connectivity index (χ1n) is 8.69. The standard InChI is InChI=1S/C18H28N2O3S/c1-4-5-8-12-19(24(3,22)23)13-11-18(21)20-15(2)14-16-9-6-7-10-17(16)20/h6-7,9-10,15H,4-5,8,11-14H2,1-3H3. The third-order valence-electron chi connectivity index (χ3n) is 4.53. The summed E-state index contributed by atoms with van der Waals surface area (Å²) >= 11 is 0. The molecule has 1 heterocycles. The minimum absolute atomic E-state index is 0.00316. The van der Waals surface area contributed by atoms with Crippen molar-refractivity contribution in [1.82, 2.24) is 4.31 Å². The van der Waals surface area contributed by atoms with E-state index < -0.39 is 10.0 Å². The van der Waals surface area contributed by atoms with Gasteiger partial charge in [0.05, 0.1) is 6.26 Å². The number of rotatable bonds is 8. The Kier molecular flexibility index (Phi) is 6.40. The molecule has 1 aliphatic heterocycles. The summed E-state index contributed by atoms with van der Waals surface area (Å²) in [4.78, 5) is 14.5. The Hall–Kier alpha value is -1.40. The van der Waals surface area contributed by atoms with Crippen LogP contribution >= 0.6 is 0 Å². The van der Waals surface area contributed by atoms with E-state index in [0.717, 1.165) is 31.4 Å². The van der Waals surface area contributed by atoms with Gasteiger partial charge in [-0.1, -0.05) is 38.0 Å². The molecule has 2 rings (SSSR count). The van der Waals surface area contributed by atoms with Crippen LogP contribution in [0.25, 0.3) is 0 Å². The van der Waals surface area contributed by atoms with Crippen molar-refractivity contribution >= 4 is 21.6 Å². The van der Waals surface area contributed by atoms with Gasteiger partial charge in [-0.05, 0) is 31.4 Å². The molecule has 0 spiro atoms. The average Bonchev–Trinajstić information content (AvgIpc) is 2.85. The Balaban J connectivity index is 2.01. The molecule has 1 unspecified atom stereocenters. The third kappa shape index (κ3) is 4.57. The SMILES string of the molecule is CCCCCN(CCC(=O)N1c2ccccc2CC1C)S(C)(=O)=O. The Morgan fingerprint density at radius 2 is 1.96 bits per heavy atom. The third-order valence-corrected chi connectivity index (χ3v) is 5.83. The van der Waals surface area contributed by atoms with Gasteiger partial charge in [-0.2, -0.15) is 0 Å². The lowest BCUT2D eigenvalue weighted by Crippen LogP contribution is -2.39. The number of nitrogens with zero attached hydrogens (tertiary/aromatic N) is 2. The smallest absolute Gasteiger partial charge is 0.228 e. The molecule has 0 saturated carbocycles. The van der Waals surface area contributed by atoms with Gasteiger partial charge in [0.25, 0.3) is 0 Å². The molecule has 1 aliphatic rings. The van der Waals surface area contributed by atoms with Gasteiger partial charge in [-0.25, -0.2) is 12.7 Å². The van der Waals surface area contributed by atoms with Gasteiger partial charge in [0.2, 0.25) is 15.9 Å². The van der Waals surface area contributed by atoms with Crippen molar-refractivity contribution in [2.75, 3.05) is 24.2 Å². The number of para-hydroxylation sites is 1. The van der Waals surface area contributed by atoms with Crippen LogP contribution in [0.15, 0.2) is 24.3 Å². The number of carbonyl (C=O) groups excluding carboxylic acids is 1. The van der Waals surface area contributed by atoms with Crippen LogP contribution < -0.4 is 4.90 Å². The van der Waals surface area contributed by atoms with Crippen LogP contribution in [0, 0.1) is 0 Å². The fraction of sp³-hybridized carbons (Fsp3) is 0.611. The summed E-state index contributed by atoms with van der Waals surface area (Å²) in [6.07, 6.45) is 5.17. The number of sulfonamides is 1. The molecule has 6 heteroatoms. The molecule has 0 fully saturated rings. The zero-order chi connectivity index (χ0) is 17.7. The average molecular weight is 353 g/mol. The van der Waals surface area contributed by atoms with Crippen LogP contribution in [0.3, 0.4) is 0 Å². The second kappa shape index (κ2) is 8.12. The van der Waals surface area contributed by atoms with Crippen LogP contribution in [0.1, 0.15) is 45.1 Å². The molecule has 0 aliphatic carbocycles. The monoisotopic (exact) mass is 352 g/mol. The number of hydrogen-bond donors (Lipinski definition) is 0. The Bertz CT molecular complexity index is 673. The van der Waals surface area contributed by atoms with E-state index in [1.807, 2.05) is 36.1 Å². The molecule has 0 radical (unpaired) electrons. The van der Waals surface area contributed by atoms with E-state index in [-0.39, 0.29) is 24.9 Å². The van der Waals surface area contributed by atoms with Crippen molar-refractivity contribution in [2.45, 2.75) is 52.0 Å². The summed E-state index contributed by atoms with van der Waals surface area (Å²) < 4.78 is 25.3. The minimum atomic E-state index is -3.28. The van der Waals surface area contributed by atoms with Crippen molar-refractivity contribution < 1.29 is 13.2 Å². The highest BCUT2D eigenvalue weighted by Gasteiger charge is 2.30. The first-order chi connectivity index (χ1) is 11.3. The molecule has 0 bridgehead atoms. The van der Waals surface area contributed by atoms with Crippen LogP contribution in [0.5, 0.6) is 0 Å². The lowest BCUT2D eigenvalue weighted by atomic mass is 10.1. The number of fused-ring (bicyclic) bond motifs is 1. The van der Waals surface area contributed by atoms with Gasteiger partial charge >= 0.3 is 0 Å². The molecule has 1 atom stereocenters. The molecule has 24 heavy (non-hydrogen) atoms. The molecule has 0 aromatic heterocycles. The lowest BCUT2D eigenvalue weighted by molar-refractivity contribution is -0.119. The molecule has 134 valence electrons. The Morgan fingerprint density at radius 1 is 1.25 bits per heavy atom. The second-order valence-electron chi connectivity index (χ2n) is 6.56. The molecule has 5 nitrogen and oxygen atoms in total. The number of carbonyl (C=O) groups is 1. The van der Waals surface area contributed by atoms with Gasteiger partial charge in [0.1, 0.15) is 0 Å². The molecule has 1 aromatic rings. The van der Waals surface area contributed by atoms with Crippen molar-refractivity contribution in [3.05, 3.63) is 29.8 Å². The summed E-state index contributed by atoms with van der Waals surface area (Å²) in [5, 5.41) is 0. The molecule has 0 N–H and O–H groups in total. The zero-order valence-corrected chi connectivity index (χ0v) is 15.7. The van der Waals surface area contributed by atoms with E-state index in [1.165, 1.54) is 16.1 Å². The number of benzene rings is 1. The number of anilines is 1. The topological polar surface area (TPSA) is 57.7 Å². The van der Waals surface area contributed by atoms with Crippen LogP contribution in [-0.2, 0) is 21.2 Å². The largest absolute Gasteiger partial charge is 0.309 e. The van der Waals surface area contributed by atoms with Crippen molar-refractivity contribution in [3.63, 3.8) is 0 Å². The summed E-state index contributed by atoms with van der Waals surface area (Å²) in [5.41, 5.74) is 2.15. The normalized spacial score (nSPS) is 17.3. The maximum absolute atomic E-state index is 12.7. The first kappa shape index (κ1) is 18.9. The van der Waals surface area contributed by atoms with Crippen molar-refractivity contribution in [2.24, 2.45) is 0 Å². The highest BCUT2D eigenvalue weighted by atomic mass is 32.2. The summed E-state index contributed by atoms with van der Waals surface area (Å²) in [7, 11) is -3.28. The number of hydrogen-bond acceptors (Lipinski definition) is 3. The van der Waals surface area contributed by atoms with E-state index in [1.54, 1.807) is 0 Å². The predicted molar refractivity (Wildman–Crippen MR) is 97.7 cm³/mol. The highest BCUT2D eigenvalue weighted by Crippen LogP contribution is 2.32. The number of amides is 1. The van der Waals surface area contributed by atoms with E-state index >= 15 is 0 Å². The molecule has 1 aromatic carbocycles. The zero-order valence-electron chi connectivity index (χ0n) is 14.9. The molecular formula is C18H28N2O3S. The lowest BCUT2D eigenvalue weighted by Gasteiger charge is -2.25. The van der Waals surface area contributed by atoms with E-state index in [0.29, 0.717) is 6.54 Å². The maximum Gasteiger partial charge on any atom is 0.228 e. The molecular weight excluding hydrogens is 324 g/mol. The minimum Gasteiger partial charge on any atom is -0.309 e. The second-order valence-corrected chi connectivity index (χ2v) is 8.55. The highest BCUT2D eigenvalue weighted by molar-refractivity contribution is 7.88. The van der Waals surface area contributed by atoms with E-state index in [2.05, 4.69) is 6.92 Å². The predicted octanol–water partition coefficient (Wildman–Crippen LogP) is 2.81. The van der Waals surface area contributed by atoms with Crippen molar-refractivity contribution in [1.29, 1.82) is 0 Å². The quantitative estimate of drug-likeness (QED) is 0.676. The number of unbranched alkanes of at least 4 members (excludes halogenated alkanes) is 2. The summed E-state index contributed by atoms with van der Waals surface area (Å²) in [6, 6.07) is 8.06. The molecule has 1 amide bonds. The maximum atomic E-state index is 12.7. The molecule has 0 saturated heterocycles. The first-order valence-corrected chi connectivity index (χ1v) is 10.5. The van der Waals surface area contributed by atoms with Gasteiger partial charge in [-0.15, -0.1) is 0 Å². The van der Waals surface area contributed by atoms with Gasteiger partial charge in [-0.3, -0.25) is 4.79 Å². The summed E-state index contributed by atoms with van der Waals surface area (Å²) in [6.45, 7) is 4.87. The van der Waals surface area contributed by atoms with Crippen molar-refractivity contribution in [3.8, 4) is 0 Å². The Labute approximate surface area is 145 Å². The summed E-state index contributed by atoms with van der Waals surface area (Å²) in [5.74, 6) is -0.00316. The fourth-order valence-corrected chi connectivity index (χ4v) is 4.15. The van der Waals surface area contributed by atoms with Gasteiger partial charge < -0.3 is 4.90 Å². The van der Waals surface area contributed by atoms with E-state index in [4.69, 9.17) is 0 Å².